The normalized spacial score (nSPS) is 14.7. The Morgan fingerprint density at radius 3 is 2.33 bits per heavy atom. The first-order chi connectivity index (χ1) is 20.4. The summed E-state index contributed by atoms with van der Waals surface area (Å²) < 4.78 is 27.0. The molecule has 1 saturated heterocycles. The van der Waals surface area contributed by atoms with Crippen LogP contribution in [0.25, 0.3) is 11.1 Å². The van der Waals surface area contributed by atoms with E-state index in [9.17, 15) is 18.8 Å². The lowest BCUT2D eigenvalue weighted by Crippen LogP contribution is -2.28. The lowest BCUT2D eigenvalue weighted by atomic mass is 9.97. The van der Waals surface area contributed by atoms with Gasteiger partial charge in [0.2, 0.25) is 0 Å². The second-order valence-corrected chi connectivity index (χ2v) is 10.9. The summed E-state index contributed by atoms with van der Waals surface area (Å²) in [5.41, 5.74) is 4.96. The van der Waals surface area contributed by atoms with Crippen LogP contribution in [0.3, 0.4) is 0 Å². The van der Waals surface area contributed by atoms with E-state index in [0.29, 0.717) is 24.1 Å². The lowest BCUT2D eigenvalue weighted by Gasteiger charge is -2.20. The van der Waals surface area contributed by atoms with Crippen molar-refractivity contribution >= 4 is 5.78 Å². The van der Waals surface area contributed by atoms with Gasteiger partial charge in [-0.1, -0.05) is 92.7 Å². The predicted octanol–water partition coefficient (Wildman–Crippen LogP) is 7.78. The van der Waals surface area contributed by atoms with E-state index >= 15 is 0 Å². The first-order valence-corrected chi connectivity index (χ1v) is 14.4. The molecule has 4 aromatic carbocycles. The third kappa shape index (κ3) is 8.19. The molecule has 216 valence electrons. The van der Waals surface area contributed by atoms with Gasteiger partial charge in [-0.3, -0.25) is 9.69 Å². The molecule has 1 atom stereocenters. The number of hydrogen-bond acceptors (Lipinski definition) is 4. The molecule has 42 heavy (non-hydrogen) atoms. The summed E-state index contributed by atoms with van der Waals surface area (Å²) in [6.45, 7) is 7.72. The maximum atomic E-state index is 13.9. The molecule has 1 heterocycles. The molecule has 1 N–H and O–H groups in total. The van der Waals surface area contributed by atoms with E-state index in [0.717, 1.165) is 50.2 Å². The minimum Gasteiger partial charge on any atom is -0.312 e. The molecule has 1 aliphatic rings. The number of benzene rings is 4. The Bertz CT molecular complexity index is 1510. The lowest BCUT2D eigenvalue weighted by molar-refractivity contribution is 0.103. The number of carbonyl (C=O) groups is 1. The number of halogens is 2. The van der Waals surface area contributed by atoms with Crippen LogP contribution in [-0.2, 0) is 13.1 Å². The summed E-state index contributed by atoms with van der Waals surface area (Å²) in [7, 11) is 0. The van der Waals surface area contributed by atoms with Crippen LogP contribution in [0.2, 0.25) is 0 Å². The number of carbonyl (C=O) groups excluding carboxylic acids is 1. The molecule has 0 radical (unpaired) electrons. The van der Waals surface area contributed by atoms with Crippen molar-refractivity contribution in [3.05, 3.63) is 131 Å². The number of nitrogens with zero attached hydrogens (tertiary/aromatic N) is 2. The fourth-order valence-corrected chi connectivity index (χ4v) is 5.15. The smallest absolute Gasteiger partial charge is 0.196 e. The molecule has 0 unspecified atom stereocenters. The molecule has 0 spiro atoms. The molecule has 4 nitrogen and oxygen atoms in total. The Morgan fingerprint density at radius 1 is 0.929 bits per heavy atom. The van der Waals surface area contributed by atoms with E-state index in [1.165, 1.54) is 16.7 Å². The van der Waals surface area contributed by atoms with Crippen LogP contribution in [0.5, 0.6) is 0 Å². The maximum absolute atomic E-state index is 13.9. The van der Waals surface area contributed by atoms with Gasteiger partial charge in [-0.15, -0.1) is 0 Å². The number of hydrogen-bond donors (Lipinski definition) is 1. The molecule has 0 amide bonds. The fourth-order valence-electron chi connectivity index (χ4n) is 5.15. The van der Waals surface area contributed by atoms with Crippen molar-refractivity contribution in [2.24, 2.45) is 5.92 Å². The summed E-state index contributed by atoms with van der Waals surface area (Å²) in [6, 6.07) is 31.2. The van der Waals surface area contributed by atoms with Crippen LogP contribution in [0.15, 0.2) is 97.1 Å². The van der Waals surface area contributed by atoms with Crippen LogP contribution < -0.4 is 5.32 Å². The standard InChI is InChI=1S/C19H16F2N2O.C17H21N/c20-14-7-8-17(18(21)10-14)19(24)16-6-2-1-4-13(16)12-23-9-3-5-15(23)11-22;1-14(2)12-18-13-16-10-6-7-11-17(16)15-8-4-3-5-9-15/h1-2,4,6-8,10,15H,3,5,9,12H2;3-11,14,18H,12-13H2,1-2H3/t15-;/m0./s1. The van der Waals surface area contributed by atoms with Crippen LogP contribution >= 0.6 is 0 Å². The third-order valence-corrected chi connectivity index (χ3v) is 7.29. The molecule has 1 fully saturated rings. The van der Waals surface area contributed by atoms with Crippen molar-refractivity contribution < 1.29 is 13.6 Å². The Morgan fingerprint density at radius 2 is 1.62 bits per heavy atom. The predicted molar refractivity (Wildman–Crippen MR) is 164 cm³/mol. The first-order valence-electron chi connectivity index (χ1n) is 14.4. The second-order valence-electron chi connectivity index (χ2n) is 10.9. The van der Waals surface area contributed by atoms with Gasteiger partial charge in [0.05, 0.1) is 17.7 Å². The van der Waals surface area contributed by atoms with Gasteiger partial charge in [-0.25, -0.2) is 8.78 Å². The number of rotatable bonds is 9. The highest BCUT2D eigenvalue weighted by Gasteiger charge is 2.26. The zero-order valence-corrected chi connectivity index (χ0v) is 24.2. The van der Waals surface area contributed by atoms with Gasteiger partial charge >= 0.3 is 0 Å². The monoisotopic (exact) mass is 565 g/mol. The van der Waals surface area contributed by atoms with E-state index < -0.39 is 17.4 Å². The van der Waals surface area contributed by atoms with Crippen LogP contribution in [0.1, 0.15) is 53.7 Å². The molecule has 0 aliphatic carbocycles. The van der Waals surface area contributed by atoms with Crippen molar-refractivity contribution in [2.45, 2.75) is 45.8 Å². The van der Waals surface area contributed by atoms with Gasteiger partial charge in [-0.2, -0.15) is 5.26 Å². The molecule has 0 bridgehead atoms. The first kappa shape index (κ1) is 30.8. The minimum atomic E-state index is -0.870. The zero-order valence-electron chi connectivity index (χ0n) is 24.2. The summed E-state index contributed by atoms with van der Waals surface area (Å²) in [5, 5.41) is 12.7. The Hall–Kier alpha value is -4.18. The van der Waals surface area contributed by atoms with Gasteiger partial charge < -0.3 is 5.32 Å². The Balaban J connectivity index is 0.000000201. The molecular formula is C36H37F2N3O. The second kappa shape index (κ2) is 15.2. The van der Waals surface area contributed by atoms with Gasteiger partial charge in [0.1, 0.15) is 11.6 Å². The minimum absolute atomic E-state index is 0.151. The molecule has 1 aliphatic heterocycles. The van der Waals surface area contributed by atoms with Crippen molar-refractivity contribution in [1.29, 1.82) is 5.26 Å². The Labute approximate surface area is 247 Å². The molecular weight excluding hydrogens is 528 g/mol. The van der Waals surface area contributed by atoms with Crippen molar-refractivity contribution in [2.75, 3.05) is 13.1 Å². The van der Waals surface area contributed by atoms with Crippen molar-refractivity contribution in [3.8, 4) is 17.2 Å². The molecule has 5 rings (SSSR count). The van der Waals surface area contributed by atoms with Gasteiger partial charge in [0.25, 0.3) is 0 Å². The van der Waals surface area contributed by atoms with E-state index in [1.807, 2.05) is 11.0 Å². The average Bonchev–Trinajstić information content (AvgIpc) is 3.45. The molecule has 4 aromatic rings. The van der Waals surface area contributed by atoms with Crippen molar-refractivity contribution in [3.63, 3.8) is 0 Å². The summed E-state index contributed by atoms with van der Waals surface area (Å²) in [5.74, 6) is -1.37. The highest BCUT2D eigenvalue weighted by Crippen LogP contribution is 2.24. The van der Waals surface area contributed by atoms with Crippen LogP contribution in [0.4, 0.5) is 8.78 Å². The quantitative estimate of drug-likeness (QED) is 0.211. The average molecular weight is 566 g/mol. The van der Waals surface area contributed by atoms with Gasteiger partial charge in [0, 0.05) is 24.7 Å². The maximum Gasteiger partial charge on any atom is 0.196 e. The highest BCUT2D eigenvalue weighted by molar-refractivity contribution is 6.10. The Kier molecular flexibility index (Phi) is 11.1. The van der Waals surface area contributed by atoms with Crippen LogP contribution in [0, 0.1) is 28.9 Å². The van der Waals surface area contributed by atoms with E-state index in [2.05, 4.69) is 79.8 Å². The van der Waals surface area contributed by atoms with Gasteiger partial charge in [0.15, 0.2) is 5.78 Å². The molecule has 6 heteroatoms. The summed E-state index contributed by atoms with van der Waals surface area (Å²) in [6.07, 6.45) is 1.76. The number of nitrogens with one attached hydrogen (secondary N) is 1. The van der Waals surface area contributed by atoms with E-state index in [4.69, 9.17) is 0 Å². The third-order valence-electron chi connectivity index (χ3n) is 7.29. The largest absolute Gasteiger partial charge is 0.312 e. The molecule has 0 saturated carbocycles. The topological polar surface area (TPSA) is 56.1 Å². The number of nitriles is 1. The molecule has 0 aromatic heterocycles. The van der Waals surface area contributed by atoms with Gasteiger partial charge in [-0.05, 0) is 66.2 Å². The van der Waals surface area contributed by atoms with E-state index in [-0.39, 0.29) is 11.6 Å². The van der Waals surface area contributed by atoms with Crippen LogP contribution in [-0.4, -0.2) is 29.8 Å². The SMILES string of the molecule is CC(C)CNCc1ccccc1-c1ccccc1.N#C[C@@H]1CCCN1Cc1ccccc1C(=O)c1ccc(F)cc1F. The highest BCUT2D eigenvalue weighted by atomic mass is 19.1. The zero-order chi connectivity index (χ0) is 29.9. The summed E-state index contributed by atoms with van der Waals surface area (Å²) >= 11 is 0. The van der Waals surface area contributed by atoms with E-state index in [1.54, 1.807) is 18.2 Å². The van der Waals surface area contributed by atoms with Crippen molar-refractivity contribution in [1.82, 2.24) is 10.2 Å². The summed E-state index contributed by atoms with van der Waals surface area (Å²) in [4.78, 5) is 14.7. The number of likely N-dealkylation sites (tertiary alicyclic amines) is 1. The number of ketones is 1. The fraction of sp³-hybridized carbons (Fsp3) is 0.278.